The Balaban J connectivity index is 2.83. The van der Waals surface area contributed by atoms with Gasteiger partial charge in [-0.3, -0.25) is 9.59 Å². The minimum Gasteiger partial charge on any atom is -0.480 e. The van der Waals surface area contributed by atoms with Crippen molar-refractivity contribution in [3.05, 3.63) is 0 Å². The highest BCUT2D eigenvalue weighted by Crippen LogP contribution is 2.23. The number of rotatable bonds is 3. The first-order valence-corrected chi connectivity index (χ1v) is 6.00. The smallest absolute Gasteiger partial charge is 0.323 e. The molecular formula is C12H22N2O3. The lowest BCUT2D eigenvalue weighted by molar-refractivity contribution is -0.150. The molecule has 0 saturated carbocycles. The summed E-state index contributed by atoms with van der Waals surface area (Å²) >= 11 is 0. The van der Waals surface area contributed by atoms with Crippen LogP contribution in [0.3, 0.4) is 0 Å². The maximum absolute atomic E-state index is 12.4. The van der Waals surface area contributed by atoms with Gasteiger partial charge in [0.2, 0.25) is 5.91 Å². The highest BCUT2D eigenvalue weighted by atomic mass is 16.4. The fourth-order valence-electron chi connectivity index (χ4n) is 2.18. The van der Waals surface area contributed by atoms with E-state index in [4.69, 9.17) is 5.11 Å². The van der Waals surface area contributed by atoms with Gasteiger partial charge < -0.3 is 15.3 Å². The number of hydrogen-bond acceptors (Lipinski definition) is 3. The van der Waals surface area contributed by atoms with Crippen LogP contribution in [0.2, 0.25) is 0 Å². The van der Waals surface area contributed by atoms with E-state index in [9.17, 15) is 9.59 Å². The van der Waals surface area contributed by atoms with E-state index < -0.39 is 11.5 Å². The third kappa shape index (κ3) is 3.43. The van der Waals surface area contributed by atoms with Crippen LogP contribution in [0.1, 0.15) is 34.1 Å². The number of amides is 1. The molecule has 17 heavy (non-hydrogen) atoms. The van der Waals surface area contributed by atoms with Crippen molar-refractivity contribution < 1.29 is 14.7 Å². The van der Waals surface area contributed by atoms with Gasteiger partial charge in [-0.25, -0.2) is 0 Å². The van der Waals surface area contributed by atoms with Crippen molar-refractivity contribution >= 4 is 11.9 Å². The molecule has 1 fully saturated rings. The molecule has 0 aromatic rings. The molecule has 1 saturated heterocycles. The fourth-order valence-corrected chi connectivity index (χ4v) is 2.18. The summed E-state index contributed by atoms with van der Waals surface area (Å²) in [6.45, 7) is 8.15. The van der Waals surface area contributed by atoms with Gasteiger partial charge in [-0.1, -0.05) is 0 Å². The molecule has 0 aromatic heterocycles. The van der Waals surface area contributed by atoms with Gasteiger partial charge in [0, 0.05) is 11.6 Å². The van der Waals surface area contributed by atoms with E-state index in [1.807, 2.05) is 27.7 Å². The number of carboxylic acids is 1. The molecule has 5 heteroatoms. The van der Waals surface area contributed by atoms with Crippen LogP contribution in [0.25, 0.3) is 0 Å². The van der Waals surface area contributed by atoms with Crippen molar-refractivity contribution in [1.82, 2.24) is 10.2 Å². The van der Waals surface area contributed by atoms with E-state index in [1.165, 1.54) is 4.90 Å². The molecule has 2 atom stereocenters. The molecule has 0 spiro atoms. The topological polar surface area (TPSA) is 69.6 Å². The van der Waals surface area contributed by atoms with Crippen LogP contribution in [0.15, 0.2) is 0 Å². The van der Waals surface area contributed by atoms with Crippen LogP contribution >= 0.6 is 0 Å². The van der Waals surface area contributed by atoms with Crippen LogP contribution in [0.4, 0.5) is 0 Å². The van der Waals surface area contributed by atoms with Gasteiger partial charge in [0.25, 0.3) is 0 Å². The number of aliphatic carboxylic acids is 1. The molecule has 0 aromatic carbocycles. The number of carbonyl (C=O) groups is 2. The lowest BCUT2D eigenvalue weighted by Gasteiger charge is -2.36. The molecule has 0 aliphatic carbocycles. The van der Waals surface area contributed by atoms with Crippen molar-refractivity contribution in [3.63, 3.8) is 0 Å². The summed E-state index contributed by atoms with van der Waals surface area (Å²) in [4.78, 5) is 24.7. The Morgan fingerprint density at radius 1 is 1.41 bits per heavy atom. The molecule has 5 nitrogen and oxygen atoms in total. The summed E-state index contributed by atoms with van der Waals surface area (Å²) in [5.41, 5.74) is -0.461. The van der Waals surface area contributed by atoms with Crippen molar-refractivity contribution in [2.75, 3.05) is 13.1 Å². The van der Waals surface area contributed by atoms with Crippen LogP contribution < -0.4 is 5.32 Å². The quantitative estimate of drug-likeness (QED) is 0.764. The molecule has 0 bridgehead atoms. The van der Waals surface area contributed by atoms with E-state index in [0.29, 0.717) is 0 Å². The van der Waals surface area contributed by atoms with Gasteiger partial charge in [-0.2, -0.15) is 0 Å². The number of carboxylic acid groups (broad SMARTS) is 1. The zero-order valence-corrected chi connectivity index (χ0v) is 11.0. The molecule has 1 aliphatic rings. The zero-order valence-electron chi connectivity index (χ0n) is 11.0. The highest BCUT2D eigenvalue weighted by molar-refractivity contribution is 5.84. The van der Waals surface area contributed by atoms with Crippen molar-refractivity contribution in [2.24, 2.45) is 5.92 Å². The fraction of sp³-hybridized carbons (Fsp3) is 0.833. The molecule has 1 amide bonds. The SMILES string of the molecule is CC1NCCC1C(=O)N(CC(=O)O)C(C)(C)C. The number of nitrogens with one attached hydrogen (secondary N) is 1. The molecule has 1 rings (SSSR count). The van der Waals surface area contributed by atoms with Crippen LogP contribution in [0, 0.1) is 5.92 Å². The molecule has 2 N–H and O–H groups in total. The largest absolute Gasteiger partial charge is 0.480 e. The summed E-state index contributed by atoms with van der Waals surface area (Å²) < 4.78 is 0. The van der Waals surface area contributed by atoms with Gasteiger partial charge in [0.05, 0.1) is 5.92 Å². The molecule has 0 radical (unpaired) electrons. The van der Waals surface area contributed by atoms with Gasteiger partial charge in [0.15, 0.2) is 0 Å². The highest BCUT2D eigenvalue weighted by Gasteiger charge is 2.37. The summed E-state index contributed by atoms with van der Waals surface area (Å²) in [7, 11) is 0. The summed E-state index contributed by atoms with van der Waals surface area (Å²) in [5.74, 6) is -1.13. The lowest BCUT2D eigenvalue weighted by atomic mass is 9.96. The number of carbonyl (C=O) groups excluding carboxylic acids is 1. The summed E-state index contributed by atoms with van der Waals surface area (Å²) in [6.07, 6.45) is 0.784. The Hall–Kier alpha value is -1.10. The Bertz CT molecular complexity index is 309. The molecule has 98 valence electrons. The van der Waals surface area contributed by atoms with Gasteiger partial charge in [-0.15, -0.1) is 0 Å². The van der Waals surface area contributed by atoms with Gasteiger partial charge >= 0.3 is 5.97 Å². The second-order valence-electron chi connectivity index (χ2n) is 5.63. The van der Waals surface area contributed by atoms with Gasteiger partial charge in [0.1, 0.15) is 6.54 Å². The second-order valence-corrected chi connectivity index (χ2v) is 5.63. The van der Waals surface area contributed by atoms with E-state index in [-0.39, 0.29) is 24.4 Å². The van der Waals surface area contributed by atoms with Crippen molar-refractivity contribution in [2.45, 2.75) is 45.7 Å². The summed E-state index contributed by atoms with van der Waals surface area (Å²) in [5, 5.41) is 12.1. The standard InChI is InChI=1S/C12H22N2O3/c1-8-9(5-6-13-8)11(17)14(7-10(15)16)12(2,3)4/h8-9,13H,5-7H2,1-4H3,(H,15,16). The normalized spacial score (nSPS) is 24.7. The zero-order chi connectivity index (χ0) is 13.2. The molecular weight excluding hydrogens is 220 g/mol. The number of hydrogen-bond donors (Lipinski definition) is 2. The van der Waals surface area contributed by atoms with E-state index in [1.54, 1.807) is 0 Å². The van der Waals surface area contributed by atoms with Crippen molar-refractivity contribution in [1.29, 1.82) is 0 Å². The predicted octanol–water partition coefficient (Wildman–Crippen LogP) is 0.696. The average molecular weight is 242 g/mol. The first kappa shape index (κ1) is 14.0. The van der Waals surface area contributed by atoms with Gasteiger partial charge in [-0.05, 0) is 40.7 Å². The Kier molecular flexibility index (Phi) is 4.14. The first-order chi connectivity index (χ1) is 7.73. The predicted molar refractivity (Wildman–Crippen MR) is 64.7 cm³/mol. The lowest BCUT2D eigenvalue weighted by Crippen LogP contribution is -2.52. The monoisotopic (exact) mass is 242 g/mol. The Morgan fingerprint density at radius 2 is 2.00 bits per heavy atom. The van der Waals surface area contributed by atoms with E-state index in [2.05, 4.69) is 5.32 Å². The van der Waals surface area contributed by atoms with Crippen LogP contribution in [-0.4, -0.2) is 46.6 Å². The van der Waals surface area contributed by atoms with Crippen molar-refractivity contribution in [3.8, 4) is 0 Å². The maximum atomic E-state index is 12.4. The minimum absolute atomic E-state index is 0.0580. The molecule has 1 heterocycles. The van der Waals surface area contributed by atoms with Crippen LogP contribution in [-0.2, 0) is 9.59 Å². The van der Waals surface area contributed by atoms with E-state index in [0.717, 1.165) is 13.0 Å². The third-order valence-electron chi connectivity index (χ3n) is 3.21. The summed E-state index contributed by atoms with van der Waals surface area (Å²) in [6, 6.07) is 0.126. The Labute approximate surface area is 102 Å². The minimum atomic E-state index is -0.966. The first-order valence-electron chi connectivity index (χ1n) is 6.00. The third-order valence-corrected chi connectivity index (χ3v) is 3.21. The molecule has 1 aliphatic heterocycles. The van der Waals surface area contributed by atoms with E-state index >= 15 is 0 Å². The number of nitrogens with zero attached hydrogens (tertiary/aromatic N) is 1. The molecule has 2 unspecified atom stereocenters. The Morgan fingerprint density at radius 3 is 2.35 bits per heavy atom. The average Bonchev–Trinajstić information content (AvgIpc) is 2.58. The second kappa shape index (κ2) is 5.04. The maximum Gasteiger partial charge on any atom is 0.323 e. The van der Waals surface area contributed by atoms with Crippen LogP contribution in [0.5, 0.6) is 0 Å².